The Morgan fingerprint density at radius 2 is 2.10 bits per heavy atom. The van der Waals surface area contributed by atoms with Crippen molar-refractivity contribution < 1.29 is 4.79 Å². The predicted molar refractivity (Wildman–Crippen MR) is 110 cm³/mol. The maximum absolute atomic E-state index is 13.3. The largest absolute Gasteiger partial charge is 0.346 e. The summed E-state index contributed by atoms with van der Waals surface area (Å²) >= 11 is 0. The third-order valence-corrected chi connectivity index (χ3v) is 5.76. The zero-order chi connectivity index (χ0) is 20.8. The van der Waals surface area contributed by atoms with Gasteiger partial charge in [-0.25, -0.2) is 0 Å². The van der Waals surface area contributed by atoms with Gasteiger partial charge in [0.2, 0.25) is 5.91 Å². The Balaban J connectivity index is 1.90. The van der Waals surface area contributed by atoms with Crippen LogP contribution in [0.1, 0.15) is 36.5 Å². The lowest BCUT2D eigenvalue weighted by molar-refractivity contribution is -0.131. The van der Waals surface area contributed by atoms with Gasteiger partial charge < -0.3 is 5.32 Å². The Bertz CT molecular complexity index is 1170. The van der Waals surface area contributed by atoms with Crippen LogP contribution in [0.4, 0.5) is 0 Å². The number of nitrogens with zero attached hydrogens (tertiary/aromatic N) is 4. The van der Waals surface area contributed by atoms with Gasteiger partial charge in [-0.15, -0.1) is 0 Å². The first-order valence-corrected chi connectivity index (χ1v) is 9.49. The molecule has 4 rings (SSSR count). The molecular weight excluding hydrogens is 364 g/mol. The first-order valence-electron chi connectivity index (χ1n) is 9.49. The third-order valence-electron chi connectivity index (χ3n) is 5.76. The zero-order valence-electron chi connectivity index (χ0n) is 16.6. The van der Waals surface area contributed by atoms with Gasteiger partial charge in [-0.05, 0) is 49.2 Å². The van der Waals surface area contributed by atoms with E-state index in [-0.39, 0.29) is 11.9 Å². The van der Waals surface area contributed by atoms with Crippen molar-refractivity contribution in [1.82, 2.24) is 20.0 Å². The van der Waals surface area contributed by atoms with Crippen LogP contribution < -0.4 is 5.32 Å². The van der Waals surface area contributed by atoms with E-state index in [1.807, 2.05) is 49.0 Å². The van der Waals surface area contributed by atoms with Crippen LogP contribution in [0, 0.1) is 16.7 Å². The molecule has 0 bridgehead atoms. The monoisotopic (exact) mass is 386 g/mol. The molecule has 0 radical (unpaired) electrons. The van der Waals surface area contributed by atoms with Gasteiger partial charge in [0.25, 0.3) is 0 Å². The molecular formula is C22H22N6O. The SMILES string of the molecule is CCn1ncc2cc([C@H]3C(=O)N(C)C(=N)N[C@]3(C)c3cccc(C#N)c3)ccc21. The van der Waals surface area contributed by atoms with Crippen LogP contribution in [0.2, 0.25) is 0 Å². The van der Waals surface area contributed by atoms with E-state index in [9.17, 15) is 10.1 Å². The zero-order valence-corrected chi connectivity index (χ0v) is 16.6. The summed E-state index contributed by atoms with van der Waals surface area (Å²) in [6.07, 6.45) is 1.81. The average molecular weight is 386 g/mol. The van der Waals surface area contributed by atoms with Gasteiger partial charge in [0.05, 0.1) is 34.8 Å². The summed E-state index contributed by atoms with van der Waals surface area (Å²) < 4.78 is 1.91. The van der Waals surface area contributed by atoms with Crippen LogP contribution in [0.15, 0.2) is 48.7 Å². The van der Waals surface area contributed by atoms with Crippen LogP contribution in [-0.2, 0) is 16.9 Å². The molecule has 2 N–H and O–H groups in total. The molecule has 0 unspecified atom stereocenters. The summed E-state index contributed by atoms with van der Waals surface area (Å²) in [5, 5.41) is 26.2. The standard InChI is InChI=1S/C22H22N6O/c1-4-28-18-9-8-15(11-16(18)13-25-28)19-20(29)27(3)21(24)26-22(19,2)17-7-5-6-14(10-17)12-23/h5-11,13,19H,4H2,1-3H3,(H2,24,26)/t19-,22+/m0/s1. The molecule has 3 aromatic rings. The van der Waals surface area contributed by atoms with Crippen molar-refractivity contribution in [2.75, 3.05) is 7.05 Å². The second-order valence-electron chi connectivity index (χ2n) is 7.48. The number of guanidine groups is 1. The molecule has 1 saturated heterocycles. The maximum Gasteiger partial charge on any atom is 0.239 e. The van der Waals surface area contributed by atoms with Gasteiger partial charge in [0.15, 0.2) is 5.96 Å². The minimum atomic E-state index is -0.873. The Kier molecular flexibility index (Phi) is 4.35. The molecule has 0 saturated carbocycles. The van der Waals surface area contributed by atoms with Crippen molar-refractivity contribution in [2.45, 2.75) is 31.8 Å². The molecule has 7 nitrogen and oxygen atoms in total. The van der Waals surface area contributed by atoms with Gasteiger partial charge >= 0.3 is 0 Å². The number of carbonyl (C=O) groups excluding carboxylic acids is 1. The number of likely N-dealkylation sites (N-methyl/N-ethyl adjacent to an activating group) is 1. The molecule has 7 heteroatoms. The Morgan fingerprint density at radius 3 is 2.83 bits per heavy atom. The van der Waals surface area contributed by atoms with E-state index in [4.69, 9.17) is 5.41 Å². The van der Waals surface area contributed by atoms with Crippen LogP contribution in [0.3, 0.4) is 0 Å². The highest BCUT2D eigenvalue weighted by molar-refractivity contribution is 6.03. The number of nitrogens with one attached hydrogen (secondary N) is 2. The highest BCUT2D eigenvalue weighted by atomic mass is 16.2. The fourth-order valence-corrected chi connectivity index (χ4v) is 4.12. The molecule has 1 aliphatic heterocycles. The minimum absolute atomic E-state index is 0.0380. The van der Waals surface area contributed by atoms with E-state index < -0.39 is 11.5 Å². The second kappa shape index (κ2) is 6.74. The van der Waals surface area contributed by atoms with Crippen LogP contribution in [0.5, 0.6) is 0 Å². The number of hydrogen-bond donors (Lipinski definition) is 2. The van der Waals surface area contributed by atoms with E-state index >= 15 is 0 Å². The number of fused-ring (bicyclic) bond motifs is 1. The molecule has 0 aliphatic carbocycles. The number of rotatable bonds is 3. The fourth-order valence-electron chi connectivity index (χ4n) is 4.12. The quantitative estimate of drug-likeness (QED) is 0.723. The third kappa shape index (κ3) is 2.85. The van der Waals surface area contributed by atoms with Gasteiger partial charge in [-0.1, -0.05) is 18.2 Å². The number of aromatic nitrogens is 2. The van der Waals surface area contributed by atoms with E-state index in [2.05, 4.69) is 16.5 Å². The van der Waals surface area contributed by atoms with Gasteiger partial charge in [0, 0.05) is 19.0 Å². The average Bonchev–Trinajstić information content (AvgIpc) is 3.14. The van der Waals surface area contributed by atoms with Crippen molar-refractivity contribution in [3.05, 3.63) is 65.4 Å². The van der Waals surface area contributed by atoms with Crippen molar-refractivity contribution in [3.63, 3.8) is 0 Å². The highest BCUT2D eigenvalue weighted by Gasteiger charge is 2.48. The summed E-state index contributed by atoms with van der Waals surface area (Å²) in [4.78, 5) is 14.7. The van der Waals surface area contributed by atoms with Gasteiger partial charge in [-0.3, -0.25) is 19.8 Å². The Morgan fingerprint density at radius 1 is 1.31 bits per heavy atom. The van der Waals surface area contributed by atoms with Crippen LogP contribution in [-0.4, -0.2) is 33.6 Å². The number of nitriles is 1. The summed E-state index contributed by atoms with van der Waals surface area (Å²) in [6.45, 7) is 4.72. The van der Waals surface area contributed by atoms with E-state index in [1.54, 1.807) is 25.2 Å². The maximum atomic E-state index is 13.3. The number of benzene rings is 2. The number of hydrogen-bond acceptors (Lipinski definition) is 4. The molecule has 146 valence electrons. The molecule has 0 spiro atoms. The summed E-state index contributed by atoms with van der Waals surface area (Å²) in [5.74, 6) is -0.693. The van der Waals surface area contributed by atoms with Crippen LogP contribution in [0.25, 0.3) is 10.9 Å². The highest BCUT2D eigenvalue weighted by Crippen LogP contribution is 2.41. The minimum Gasteiger partial charge on any atom is -0.346 e. The first kappa shape index (κ1) is 18.7. The Labute approximate surface area is 169 Å². The van der Waals surface area contributed by atoms with Crippen molar-refractivity contribution in [2.24, 2.45) is 0 Å². The summed E-state index contributed by atoms with van der Waals surface area (Å²) in [5.41, 5.74) is 2.29. The van der Waals surface area contributed by atoms with E-state index in [0.717, 1.165) is 28.6 Å². The fraction of sp³-hybridized carbons (Fsp3) is 0.273. The van der Waals surface area contributed by atoms with Crippen molar-refractivity contribution in [3.8, 4) is 6.07 Å². The number of amides is 1. The lowest BCUT2D eigenvalue weighted by atomic mass is 9.73. The summed E-state index contributed by atoms with van der Waals surface area (Å²) in [7, 11) is 1.60. The molecule has 2 aromatic carbocycles. The lowest BCUT2D eigenvalue weighted by Gasteiger charge is -2.46. The molecule has 1 amide bonds. The van der Waals surface area contributed by atoms with Gasteiger partial charge in [0.1, 0.15) is 0 Å². The smallest absolute Gasteiger partial charge is 0.239 e. The topological polar surface area (TPSA) is 97.8 Å². The van der Waals surface area contributed by atoms with Crippen molar-refractivity contribution >= 4 is 22.8 Å². The predicted octanol–water partition coefficient (Wildman–Crippen LogP) is 2.92. The van der Waals surface area contributed by atoms with Gasteiger partial charge in [-0.2, -0.15) is 10.4 Å². The summed E-state index contributed by atoms with van der Waals surface area (Å²) in [6, 6.07) is 15.3. The van der Waals surface area contributed by atoms with E-state index in [1.165, 1.54) is 4.90 Å². The molecule has 29 heavy (non-hydrogen) atoms. The lowest BCUT2D eigenvalue weighted by Crippen LogP contribution is -2.62. The van der Waals surface area contributed by atoms with E-state index in [0.29, 0.717) is 5.56 Å². The number of carbonyl (C=O) groups is 1. The van der Waals surface area contributed by atoms with Crippen LogP contribution >= 0.6 is 0 Å². The normalized spacial score (nSPS) is 21.9. The second-order valence-corrected chi connectivity index (χ2v) is 7.48. The molecule has 2 heterocycles. The number of aryl methyl sites for hydroxylation is 1. The molecule has 1 aliphatic rings. The molecule has 1 aromatic heterocycles. The molecule has 2 atom stereocenters. The molecule has 1 fully saturated rings. The first-order chi connectivity index (χ1) is 13.9. The Hall–Kier alpha value is -3.66. The van der Waals surface area contributed by atoms with Crippen molar-refractivity contribution in [1.29, 1.82) is 10.7 Å².